The largest absolute Gasteiger partial charge is 0.497 e. The summed E-state index contributed by atoms with van der Waals surface area (Å²) in [5, 5.41) is 0. The molecule has 0 aliphatic heterocycles. The van der Waals surface area contributed by atoms with Gasteiger partial charge in [0.05, 0.1) is 13.4 Å². The number of imidazole rings is 1. The van der Waals surface area contributed by atoms with Crippen LogP contribution in [0.3, 0.4) is 0 Å². The lowest BCUT2D eigenvalue weighted by Gasteiger charge is -2.25. The summed E-state index contributed by atoms with van der Waals surface area (Å²) in [5.41, 5.74) is 2.87. The predicted molar refractivity (Wildman–Crippen MR) is 66.3 cm³/mol. The monoisotopic (exact) mass is 228 g/mol. The molecule has 1 aliphatic rings. The molecule has 1 aromatic carbocycles. The molecule has 0 radical (unpaired) electrons. The third kappa shape index (κ3) is 1.93. The van der Waals surface area contributed by atoms with Gasteiger partial charge in [-0.15, -0.1) is 0 Å². The van der Waals surface area contributed by atoms with Crippen LogP contribution in [0.15, 0.2) is 36.9 Å². The van der Waals surface area contributed by atoms with Crippen LogP contribution in [0.5, 0.6) is 5.75 Å². The van der Waals surface area contributed by atoms with E-state index in [-0.39, 0.29) is 0 Å². The van der Waals surface area contributed by atoms with E-state index < -0.39 is 0 Å². The molecule has 88 valence electrons. The second-order valence-electron chi connectivity index (χ2n) is 4.54. The first-order chi connectivity index (χ1) is 8.36. The summed E-state index contributed by atoms with van der Waals surface area (Å²) in [6.45, 7) is 0. The fourth-order valence-electron chi connectivity index (χ4n) is 2.58. The number of fused-ring (bicyclic) bond motifs is 1. The average molecular weight is 228 g/mol. The van der Waals surface area contributed by atoms with Crippen molar-refractivity contribution in [2.45, 2.75) is 25.3 Å². The third-order valence-corrected chi connectivity index (χ3v) is 3.56. The summed E-state index contributed by atoms with van der Waals surface area (Å²) in [7, 11) is 1.72. The molecule has 3 nitrogen and oxygen atoms in total. The van der Waals surface area contributed by atoms with Crippen LogP contribution in [0.25, 0.3) is 0 Å². The minimum absolute atomic E-state index is 0.539. The lowest BCUT2D eigenvalue weighted by molar-refractivity contribution is 0.409. The minimum Gasteiger partial charge on any atom is -0.497 e. The van der Waals surface area contributed by atoms with E-state index in [0.717, 1.165) is 18.6 Å². The van der Waals surface area contributed by atoms with Gasteiger partial charge in [0.2, 0.25) is 0 Å². The lowest BCUT2D eigenvalue weighted by atomic mass is 9.88. The standard InChI is InChI=1S/C14H16N2O/c1-17-14-5-3-11-2-4-13(8-12(11)9-14)16-7-6-15-10-16/h3,5-7,9-10,13H,2,4,8H2,1H3. The van der Waals surface area contributed by atoms with Crippen molar-refractivity contribution in [2.24, 2.45) is 0 Å². The number of aryl methyl sites for hydroxylation is 1. The lowest BCUT2D eigenvalue weighted by Crippen LogP contribution is -2.17. The van der Waals surface area contributed by atoms with Crippen LogP contribution in [0.4, 0.5) is 0 Å². The van der Waals surface area contributed by atoms with Crippen molar-refractivity contribution in [3.05, 3.63) is 48.0 Å². The highest BCUT2D eigenvalue weighted by atomic mass is 16.5. The number of aromatic nitrogens is 2. The van der Waals surface area contributed by atoms with E-state index in [4.69, 9.17) is 4.74 Å². The second-order valence-corrected chi connectivity index (χ2v) is 4.54. The molecule has 1 aromatic heterocycles. The fraction of sp³-hybridized carbons (Fsp3) is 0.357. The topological polar surface area (TPSA) is 27.1 Å². The van der Waals surface area contributed by atoms with E-state index in [9.17, 15) is 0 Å². The van der Waals surface area contributed by atoms with Gasteiger partial charge in [0.25, 0.3) is 0 Å². The average Bonchev–Trinajstić information content (AvgIpc) is 2.91. The van der Waals surface area contributed by atoms with E-state index in [1.54, 1.807) is 7.11 Å². The molecule has 17 heavy (non-hydrogen) atoms. The molecule has 1 heterocycles. The summed E-state index contributed by atoms with van der Waals surface area (Å²) >= 11 is 0. The van der Waals surface area contributed by atoms with Gasteiger partial charge in [0.15, 0.2) is 0 Å². The number of nitrogens with zero attached hydrogens (tertiary/aromatic N) is 2. The first-order valence-corrected chi connectivity index (χ1v) is 6.00. The van der Waals surface area contributed by atoms with Gasteiger partial charge in [-0.1, -0.05) is 6.07 Å². The molecule has 1 aliphatic carbocycles. The van der Waals surface area contributed by atoms with E-state index >= 15 is 0 Å². The van der Waals surface area contributed by atoms with Crippen LogP contribution in [-0.4, -0.2) is 16.7 Å². The Morgan fingerprint density at radius 2 is 2.29 bits per heavy atom. The highest BCUT2D eigenvalue weighted by molar-refractivity contribution is 5.37. The normalized spacial score (nSPS) is 18.8. The van der Waals surface area contributed by atoms with Gasteiger partial charge < -0.3 is 9.30 Å². The van der Waals surface area contributed by atoms with Crippen molar-refractivity contribution >= 4 is 0 Å². The zero-order valence-electron chi connectivity index (χ0n) is 9.97. The van der Waals surface area contributed by atoms with Crippen LogP contribution in [0, 0.1) is 0 Å². The van der Waals surface area contributed by atoms with Crippen molar-refractivity contribution in [2.75, 3.05) is 7.11 Å². The number of hydrogen-bond acceptors (Lipinski definition) is 2. The number of rotatable bonds is 2. The molecule has 2 aromatic rings. The van der Waals surface area contributed by atoms with Crippen molar-refractivity contribution in [3.8, 4) is 5.75 Å². The van der Waals surface area contributed by atoms with Crippen LogP contribution >= 0.6 is 0 Å². The molecule has 0 saturated carbocycles. The number of methoxy groups -OCH3 is 1. The zero-order valence-corrected chi connectivity index (χ0v) is 9.97. The first kappa shape index (κ1) is 10.4. The summed E-state index contributed by atoms with van der Waals surface area (Å²) < 4.78 is 7.50. The maximum absolute atomic E-state index is 5.29. The smallest absolute Gasteiger partial charge is 0.119 e. The molecule has 0 spiro atoms. The van der Waals surface area contributed by atoms with Crippen molar-refractivity contribution in [1.82, 2.24) is 9.55 Å². The highest BCUT2D eigenvalue weighted by Gasteiger charge is 2.19. The SMILES string of the molecule is COc1ccc2c(c1)CC(n1ccnc1)CC2. The number of hydrogen-bond donors (Lipinski definition) is 0. The van der Waals surface area contributed by atoms with Crippen LogP contribution < -0.4 is 4.74 Å². The molecule has 0 fully saturated rings. The Morgan fingerprint density at radius 1 is 1.35 bits per heavy atom. The zero-order chi connectivity index (χ0) is 11.7. The van der Waals surface area contributed by atoms with Crippen molar-refractivity contribution < 1.29 is 4.74 Å². The maximum atomic E-state index is 5.29. The fourth-order valence-corrected chi connectivity index (χ4v) is 2.58. The molecule has 3 heteroatoms. The molecule has 0 bridgehead atoms. The van der Waals surface area contributed by atoms with E-state index in [1.807, 2.05) is 12.5 Å². The van der Waals surface area contributed by atoms with Gasteiger partial charge in [0, 0.05) is 18.4 Å². The van der Waals surface area contributed by atoms with Gasteiger partial charge in [-0.2, -0.15) is 0 Å². The summed E-state index contributed by atoms with van der Waals surface area (Å²) in [5.74, 6) is 0.954. The Kier molecular flexibility index (Phi) is 2.59. The Labute approximate surface area is 101 Å². The van der Waals surface area contributed by atoms with Gasteiger partial charge in [0.1, 0.15) is 5.75 Å². The number of benzene rings is 1. The summed E-state index contributed by atoms with van der Waals surface area (Å²) in [6, 6.07) is 6.95. The van der Waals surface area contributed by atoms with Gasteiger partial charge >= 0.3 is 0 Å². The minimum atomic E-state index is 0.539. The van der Waals surface area contributed by atoms with Crippen molar-refractivity contribution in [1.29, 1.82) is 0 Å². The van der Waals surface area contributed by atoms with Crippen LogP contribution in [0.1, 0.15) is 23.6 Å². The second kappa shape index (κ2) is 4.24. The number of ether oxygens (including phenoxy) is 1. The Balaban J connectivity index is 1.89. The van der Waals surface area contributed by atoms with E-state index in [1.165, 1.54) is 17.5 Å². The molecule has 0 N–H and O–H groups in total. The maximum Gasteiger partial charge on any atom is 0.119 e. The Hall–Kier alpha value is -1.77. The molecular formula is C14H16N2O. The quantitative estimate of drug-likeness (QED) is 0.790. The Bertz CT molecular complexity index is 505. The molecule has 0 amide bonds. The van der Waals surface area contributed by atoms with Gasteiger partial charge in [-0.25, -0.2) is 4.98 Å². The highest BCUT2D eigenvalue weighted by Crippen LogP contribution is 2.30. The summed E-state index contributed by atoms with van der Waals surface area (Å²) in [6.07, 6.45) is 9.22. The molecular weight excluding hydrogens is 212 g/mol. The molecule has 0 saturated heterocycles. The summed E-state index contributed by atoms with van der Waals surface area (Å²) in [4.78, 5) is 4.13. The Morgan fingerprint density at radius 3 is 3.06 bits per heavy atom. The van der Waals surface area contributed by atoms with E-state index in [0.29, 0.717) is 6.04 Å². The van der Waals surface area contributed by atoms with Crippen LogP contribution in [0.2, 0.25) is 0 Å². The van der Waals surface area contributed by atoms with Crippen LogP contribution in [-0.2, 0) is 12.8 Å². The van der Waals surface area contributed by atoms with Crippen molar-refractivity contribution in [3.63, 3.8) is 0 Å². The predicted octanol–water partition coefficient (Wildman–Crippen LogP) is 2.62. The van der Waals surface area contributed by atoms with E-state index in [2.05, 4.69) is 33.9 Å². The third-order valence-electron chi connectivity index (χ3n) is 3.56. The van der Waals surface area contributed by atoms with Gasteiger partial charge in [-0.3, -0.25) is 0 Å². The molecule has 1 unspecified atom stereocenters. The first-order valence-electron chi connectivity index (χ1n) is 6.00. The molecule has 1 atom stereocenters. The molecule has 3 rings (SSSR count). The van der Waals surface area contributed by atoms with Gasteiger partial charge in [-0.05, 0) is 42.5 Å².